The molecule has 0 aromatic rings. The molecular weight excluding hydrogens is 286 g/mol. The second kappa shape index (κ2) is 4.68. The molecule has 9 heteroatoms. The molecule has 0 radical (unpaired) electrons. The van der Waals surface area contributed by atoms with Gasteiger partial charge in [-0.3, -0.25) is 9.59 Å². The number of nitrogens with two attached hydrogens (primary N) is 1. The number of aliphatic hydroxyl groups is 1. The van der Waals surface area contributed by atoms with Gasteiger partial charge in [-0.1, -0.05) is 0 Å². The van der Waals surface area contributed by atoms with Crippen LogP contribution in [0.5, 0.6) is 0 Å². The lowest BCUT2D eigenvalue weighted by Crippen LogP contribution is -2.76. The molecule has 2 aliphatic heterocycles. The summed E-state index contributed by atoms with van der Waals surface area (Å²) in [5.74, 6) is -1.25. The highest BCUT2D eigenvalue weighted by atomic mass is 32.2. The maximum Gasteiger partial charge on any atom is 0.246 e. The zero-order chi connectivity index (χ0) is 15.3. The summed E-state index contributed by atoms with van der Waals surface area (Å²) in [7, 11) is -3.49. The number of hydrogen-bond acceptors (Lipinski definition) is 5. The van der Waals surface area contributed by atoms with Gasteiger partial charge in [0.1, 0.15) is 11.6 Å². The van der Waals surface area contributed by atoms with Crippen LogP contribution in [-0.4, -0.2) is 71.6 Å². The monoisotopic (exact) mass is 305 g/mol. The van der Waals surface area contributed by atoms with Gasteiger partial charge in [0.05, 0.1) is 18.9 Å². The van der Waals surface area contributed by atoms with Crippen molar-refractivity contribution < 1.29 is 23.1 Å². The lowest BCUT2D eigenvalue weighted by molar-refractivity contribution is -0.167. The molecule has 0 aromatic carbocycles. The molecule has 0 aromatic heterocycles. The Morgan fingerprint density at radius 2 is 2.10 bits per heavy atom. The summed E-state index contributed by atoms with van der Waals surface area (Å²) in [6.45, 7) is 1.77. The van der Waals surface area contributed by atoms with Crippen molar-refractivity contribution in [2.24, 2.45) is 5.73 Å². The molecule has 3 N–H and O–H groups in total. The van der Waals surface area contributed by atoms with Crippen LogP contribution in [0.25, 0.3) is 0 Å². The van der Waals surface area contributed by atoms with Crippen molar-refractivity contribution in [3.63, 3.8) is 0 Å². The standard InChI is InChI=1S/C11H19N3O5S/c1-7(15)8(9(12)16)13-6-11(10(13)17)4-3-5-14(11)20(2,18)19/h7-8,15H,3-6H2,1-2H3,(H2,12,16)/t7-,8+,11-/m1/s1. The zero-order valence-electron chi connectivity index (χ0n) is 11.4. The van der Waals surface area contributed by atoms with Gasteiger partial charge in [0.15, 0.2) is 0 Å². The highest BCUT2D eigenvalue weighted by Crippen LogP contribution is 2.41. The number of primary amides is 1. The average molecular weight is 305 g/mol. The fourth-order valence-electron chi connectivity index (χ4n) is 3.18. The van der Waals surface area contributed by atoms with E-state index in [9.17, 15) is 23.1 Å². The number of rotatable bonds is 4. The second-order valence-corrected chi connectivity index (χ2v) is 7.40. The molecule has 0 aliphatic carbocycles. The molecule has 2 heterocycles. The van der Waals surface area contributed by atoms with Crippen molar-refractivity contribution in [1.82, 2.24) is 9.21 Å². The summed E-state index contributed by atoms with van der Waals surface area (Å²) in [5.41, 5.74) is 4.11. The highest BCUT2D eigenvalue weighted by molar-refractivity contribution is 7.88. The molecular formula is C11H19N3O5S. The van der Waals surface area contributed by atoms with E-state index in [-0.39, 0.29) is 6.54 Å². The van der Waals surface area contributed by atoms with Crippen LogP contribution in [0, 0.1) is 0 Å². The minimum atomic E-state index is -3.49. The Balaban J connectivity index is 2.25. The maximum atomic E-state index is 12.4. The highest BCUT2D eigenvalue weighted by Gasteiger charge is 2.63. The lowest BCUT2D eigenvalue weighted by Gasteiger charge is -2.52. The topological polar surface area (TPSA) is 121 Å². The zero-order valence-corrected chi connectivity index (χ0v) is 12.3. The lowest BCUT2D eigenvalue weighted by atomic mass is 9.84. The van der Waals surface area contributed by atoms with Crippen LogP contribution in [0.3, 0.4) is 0 Å². The third-order valence-electron chi connectivity index (χ3n) is 4.00. The van der Waals surface area contributed by atoms with Gasteiger partial charge in [0.2, 0.25) is 21.8 Å². The van der Waals surface area contributed by atoms with Crippen LogP contribution in [0.2, 0.25) is 0 Å². The Labute approximate surface area is 117 Å². The summed E-state index contributed by atoms with van der Waals surface area (Å²) < 4.78 is 24.7. The fraction of sp³-hybridized carbons (Fsp3) is 0.818. The molecule has 0 unspecified atom stereocenters. The van der Waals surface area contributed by atoms with E-state index in [4.69, 9.17) is 5.73 Å². The molecule has 2 amide bonds. The van der Waals surface area contributed by atoms with Crippen molar-refractivity contribution in [2.45, 2.75) is 37.5 Å². The number of nitrogens with zero attached hydrogens (tertiary/aromatic N) is 2. The van der Waals surface area contributed by atoms with Gasteiger partial charge < -0.3 is 15.7 Å². The van der Waals surface area contributed by atoms with Gasteiger partial charge in [0.25, 0.3) is 0 Å². The first-order chi connectivity index (χ1) is 9.11. The Morgan fingerprint density at radius 3 is 2.50 bits per heavy atom. The second-order valence-electron chi connectivity index (χ2n) is 5.49. The van der Waals surface area contributed by atoms with Gasteiger partial charge in [-0.05, 0) is 19.8 Å². The number of sulfonamides is 1. The van der Waals surface area contributed by atoms with E-state index in [0.29, 0.717) is 19.4 Å². The number of hydrogen-bond donors (Lipinski definition) is 2. The summed E-state index contributed by atoms with van der Waals surface area (Å²) >= 11 is 0. The Bertz CT molecular complexity index is 546. The number of carbonyl (C=O) groups is 2. The van der Waals surface area contributed by atoms with Crippen LogP contribution in [-0.2, 0) is 19.6 Å². The predicted octanol–water partition coefficient (Wildman–Crippen LogP) is -2.14. The first kappa shape index (κ1) is 15.2. The normalized spacial score (nSPS) is 30.4. The molecule has 3 atom stereocenters. The Kier molecular flexibility index (Phi) is 3.55. The molecule has 20 heavy (non-hydrogen) atoms. The van der Waals surface area contributed by atoms with Crippen molar-refractivity contribution in [3.8, 4) is 0 Å². The number of carbonyl (C=O) groups excluding carboxylic acids is 2. The summed E-state index contributed by atoms with van der Waals surface area (Å²) in [6.07, 6.45) is 1.00. The van der Waals surface area contributed by atoms with Gasteiger partial charge >= 0.3 is 0 Å². The molecule has 2 fully saturated rings. The summed E-state index contributed by atoms with van der Waals surface area (Å²) in [6, 6.07) is -1.12. The van der Waals surface area contributed by atoms with E-state index in [2.05, 4.69) is 0 Å². The van der Waals surface area contributed by atoms with E-state index < -0.39 is 39.5 Å². The van der Waals surface area contributed by atoms with Crippen molar-refractivity contribution in [1.29, 1.82) is 0 Å². The third kappa shape index (κ3) is 2.09. The Morgan fingerprint density at radius 1 is 1.50 bits per heavy atom. The minimum absolute atomic E-state index is 0.0947. The number of likely N-dealkylation sites (tertiary alicyclic amines) is 1. The molecule has 2 aliphatic rings. The molecule has 0 saturated carbocycles. The van der Waals surface area contributed by atoms with E-state index in [1.54, 1.807) is 0 Å². The van der Waals surface area contributed by atoms with Crippen LogP contribution < -0.4 is 5.73 Å². The predicted molar refractivity (Wildman–Crippen MR) is 69.9 cm³/mol. The summed E-state index contributed by atoms with van der Waals surface area (Å²) in [5, 5.41) is 9.57. The van der Waals surface area contributed by atoms with Crippen molar-refractivity contribution >= 4 is 21.8 Å². The van der Waals surface area contributed by atoms with Crippen LogP contribution in [0.1, 0.15) is 19.8 Å². The summed E-state index contributed by atoms with van der Waals surface area (Å²) in [4.78, 5) is 24.9. The smallest absolute Gasteiger partial charge is 0.246 e. The van der Waals surface area contributed by atoms with E-state index in [1.807, 2.05) is 0 Å². The van der Waals surface area contributed by atoms with Crippen LogP contribution in [0.4, 0.5) is 0 Å². The molecule has 1 spiro atoms. The van der Waals surface area contributed by atoms with Crippen molar-refractivity contribution in [2.75, 3.05) is 19.3 Å². The van der Waals surface area contributed by atoms with Gasteiger partial charge in [-0.25, -0.2) is 8.42 Å². The number of β-lactam (4-membered cyclic amide) rings is 1. The van der Waals surface area contributed by atoms with Crippen LogP contribution >= 0.6 is 0 Å². The molecule has 2 saturated heterocycles. The quantitative estimate of drug-likeness (QED) is 0.574. The SMILES string of the molecule is C[C@@H](O)[C@@H](C(N)=O)N1C[C@]2(CCCN2S(C)(=O)=O)C1=O. The van der Waals surface area contributed by atoms with Gasteiger partial charge in [-0.15, -0.1) is 0 Å². The largest absolute Gasteiger partial charge is 0.391 e. The van der Waals surface area contributed by atoms with E-state index in [0.717, 1.165) is 11.2 Å². The number of aliphatic hydroxyl groups excluding tert-OH is 1. The third-order valence-corrected chi connectivity index (χ3v) is 5.34. The van der Waals surface area contributed by atoms with Gasteiger partial charge in [0, 0.05) is 6.54 Å². The molecule has 2 rings (SSSR count). The van der Waals surface area contributed by atoms with Crippen LogP contribution in [0.15, 0.2) is 0 Å². The fourth-order valence-corrected chi connectivity index (χ4v) is 4.51. The van der Waals surface area contributed by atoms with Gasteiger partial charge in [-0.2, -0.15) is 4.31 Å². The minimum Gasteiger partial charge on any atom is -0.391 e. The first-order valence-corrected chi connectivity index (χ1v) is 8.22. The average Bonchev–Trinajstić information content (AvgIpc) is 2.73. The van der Waals surface area contributed by atoms with Crippen molar-refractivity contribution in [3.05, 3.63) is 0 Å². The molecule has 0 bridgehead atoms. The van der Waals surface area contributed by atoms with E-state index in [1.165, 1.54) is 11.2 Å². The molecule has 8 nitrogen and oxygen atoms in total. The Hall–Kier alpha value is -1.19. The van der Waals surface area contributed by atoms with E-state index >= 15 is 0 Å². The maximum absolute atomic E-state index is 12.4. The molecule has 114 valence electrons. The first-order valence-electron chi connectivity index (χ1n) is 6.37. The number of amides is 2.